The Bertz CT molecular complexity index is 798. The molecule has 0 spiro atoms. The fourth-order valence-electron chi connectivity index (χ4n) is 1.55. The number of rotatable bonds is 3. The molecule has 2 rings (SSSR count). The lowest BCUT2D eigenvalue weighted by atomic mass is 10.2. The Balaban J connectivity index is 2.42. The number of hydrogen-bond acceptors (Lipinski definition) is 4. The SMILES string of the molecule is Cc1cnccc1NS(=O)(=O)c1ccc(Cl)c(C#N)c1. The van der Waals surface area contributed by atoms with E-state index in [1.807, 2.05) is 6.07 Å². The number of benzene rings is 1. The molecule has 0 radical (unpaired) electrons. The fourth-order valence-corrected chi connectivity index (χ4v) is 2.87. The Labute approximate surface area is 121 Å². The lowest BCUT2D eigenvalue weighted by Gasteiger charge is -2.10. The molecule has 0 fully saturated rings. The van der Waals surface area contributed by atoms with Crippen molar-refractivity contribution in [3.05, 3.63) is 52.8 Å². The van der Waals surface area contributed by atoms with E-state index >= 15 is 0 Å². The molecule has 1 heterocycles. The van der Waals surface area contributed by atoms with Gasteiger partial charge in [-0.25, -0.2) is 8.42 Å². The molecule has 0 aliphatic carbocycles. The maximum absolute atomic E-state index is 12.2. The summed E-state index contributed by atoms with van der Waals surface area (Å²) in [5.41, 5.74) is 1.25. The lowest BCUT2D eigenvalue weighted by Crippen LogP contribution is -2.14. The molecule has 0 atom stereocenters. The standard InChI is InChI=1S/C13H10ClN3O2S/c1-9-8-16-5-4-13(9)17-20(18,19)11-2-3-12(14)10(6-11)7-15/h2-6,8H,1H3,(H,16,17). The Hall–Kier alpha value is -2.10. The van der Waals surface area contributed by atoms with Gasteiger partial charge in [0.2, 0.25) is 0 Å². The van der Waals surface area contributed by atoms with Gasteiger partial charge in [0.25, 0.3) is 10.0 Å². The van der Waals surface area contributed by atoms with Crippen LogP contribution < -0.4 is 4.72 Å². The number of aryl methyl sites for hydroxylation is 1. The van der Waals surface area contributed by atoms with E-state index in [0.717, 1.165) is 0 Å². The minimum absolute atomic E-state index is 0.0188. The van der Waals surface area contributed by atoms with Crippen molar-refractivity contribution in [3.8, 4) is 6.07 Å². The van der Waals surface area contributed by atoms with E-state index in [0.29, 0.717) is 11.3 Å². The molecule has 0 unspecified atom stereocenters. The maximum Gasteiger partial charge on any atom is 0.261 e. The Morgan fingerprint density at radius 3 is 2.75 bits per heavy atom. The summed E-state index contributed by atoms with van der Waals surface area (Å²) in [6.45, 7) is 1.74. The van der Waals surface area contributed by atoms with E-state index in [1.165, 1.54) is 24.4 Å². The molecule has 1 N–H and O–H groups in total. The first-order chi connectivity index (χ1) is 9.44. The number of anilines is 1. The average molecular weight is 308 g/mol. The smallest absolute Gasteiger partial charge is 0.261 e. The average Bonchev–Trinajstić information content (AvgIpc) is 2.41. The van der Waals surface area contributed by atoms with Crippen molar-refractivity contribution >= 4 is 27.3 Å². The molecule has 0 aliphatic rings. The van der Waals surface area contributed by atoms with Gasteiger partial charge in [-0.3, -0.25) is 9.71 Å². The Morgan fingerprint density at radius 1 is 1.35 bits per heavy atom. The van der Waals surface area contributed by atoms with Crippen molar-refractivity contribution in [1.29, 1.82) is 5.26 Å². The highest BCUT2D eigenvalue weighted by atomic mass is 35.5. The van der Waals surface area contributed by atoms with Gasteiger partial charge in [0, 0.05) is 12.4 Å². The van der Waals surface area contributed by atoms with Crippen LogP contribution in [0.4, 0.5) is 5.69 Å². The van der Waals surface area contributed by atoms with Crippen LogP contribution in [0.2, 0.25) is 5.02 Å². The van der Waals surface area contributed by atoms with Gasteiger partial charge in [0.05, 0.1) is 21.2 Å². The number of aromatic nitrogens is 1. The van der Waals surface area contributed by atoms with Crippen molar-refractivity contribution in [2.45, 2.75) is 11.8 Å². The molecule has 0 aliphatic heterocycles. The second-order valence-corrected chi connectivity index (χ2v) is 6.14. The summed E-state index contributed by atoms with van der Waals surface area (Å²) < 4.78 is 27.0. The highest BCUT2D eigenvalue weighted by Crippen LogP contribution is 2.22. The van der Waals surface area contributed by atoms with Crippen LogP contribution in [0.25, 0.3) is 0 Å². The van der Waals surface area contributed by atoms with Crippen molar-refractivity contribution in [1.82, 2.24) is 4.98 Å². The molecule has 2 aromatic rings. The first-order valence-electron chi connectivity index (χ1n) is 5.57. The first kappa shape index (κ1) is 14.3. The zero-order chi connectivity index (χ0) is 14.8. The van der Waals surface area contributed by atoms with E-state index in [2.05, 4.69) is 9.71 Å². The number of halogens is 1. The number of sulfonamides is 1. The van der Waals surface area contributed by atoms with Crippen LogP contribution in [0.15, 0.2) is 41.6 Å². The highest BCUT2D eigenvalue weighted by molar-refractivity contribution is 7.92. The normalized spacial score (nSPS) is 10.8. The minimum Gasteiger partial charge on any atom is -0.279 e. The number of hydrogen-bond donors (Lipinski definition) is 1. The van der Waals surface area contributed by atoms with E-state index in [1.54, 1.807) is 19.2 Å². The van der Waals surface area contributed by atoms with E-state index in [-0.39, 0.29) is 15.5 Å². The molecule has 0 amide bonds. The molecule has 0 bridgehead atoms. The second-order valence-electron chi connectivity index (χ2n) is 4.05. The third-order valence-corrected chi connectivity index (χ3v) is 4.33. The molecule has 0 saturated heterocycles. The molecule has 7 heteroatoms. The van der Waals surface area contributed by atoms with Gasteiger partial charge in [0.15, 0.2) is 0 Å². The van der Waals surface area contributed by atoms with Gasteiger partial charge >= 0.3 is 0 Å². The Kier molecular flexibility index (Phi) is 3.93. The van der Waals surface area contributed by atoms with Crippen molar-refractivity contribution < 1.29 is 8.42 Å². The van der Waals surface area contributed by atoms with Gasteiger partial charge in [-0.15, -0.1) is 0 Å². The summed E-state index contributed by atoms with van der Waals surface area (Å²) in [4.78, 5) is 3.87. The maximum atomic E-state index is 12.2. The van der Waals surface area contributed by atoms with Crippen molar-refractivity contribution in [3.63, 3.8) is 0 Å². The van der Waals surface area contributed by atoms with Crippen molar-refractivity contribution in [2.75, 3.05) is 4.72 Å². The summed E-state index contributed by atoms with van der Waals surface area (Å²) in [5.74, 6) is 0. The predicted octanol–water partition coefficient (Wildman–Crippen LogP) is 2.72. The number of nitrogens with zero attached hydrogens (tertiary/aromatic N) is 2. The molecule has 5 nitrogen and oxygen atoms in total. The molecule has 0 saturated carbocycles. The van der Waals surface area contributed by atoms with Crippen LogP contribution in [0.1, 0.15) is 11.1 Å². The number of nitriles is 1. The zero-order valence-corrected chi connectivity index (χ0v) is 12.0. The van der Waals surface area contributed by atoms with E-state index in [9.17, 15) is 8.42 Å². The molecular formula is C13H10ClN3O2S. The van der Waals surface area contributed by atoms with Gasteiger partial charge in [-0.1, -0.05) is 11.6 Å². The predicted molar refractivity (Wildman–Crippen MR) is 75.9 cm³/mol. The van der Waals surface area contributed by atoms with Gasteiger partial charge in [-0.05, 0) is 36.8 Å². The number of nitrogens with one attached hydrogen (secondary N) is 1. The summed E-state index contributed by atoms with van der Waals surface area (Å²) in [7, 11) is -3.77. The largest absolute Gasteiger partial charge is 0.279 e. The summed E-state index contributed by atoms with van der Waals surface area (Å²) in [5, 5.41) is 9.10. The molecule has 102 valence electrons. The van der Waals surface area contributed by atoms with Crippen LogP contribution in [0.5, 0.6) is 0 Å². The van der Waals surface area contributed by atoms with E-state index in [4.69, 9.17) is 16.9 Å². The number of pyridine rings is 1. The molecule has 20 heavy (non-hydrogen) atoms. The topological polar surface area (TPSA) is 82.8 Å². The zero-order valence-electron chi connectivity index (χ0n) is 10.5. The molecule has 1 aromatic heterocycles. The first-order valence-corrected chi connectivity index (χ1v) is 7.43. The summed E-state index contributed by atoms with van der Waals surface area (Å²) in [6.07, 6.45) is 3.05. The quantitative estimate of drug-likeness (QED) is 0.945. The van der Waals surface area contributed by atoms with Gasteiger partial charge in [-0.2, -0.15) is 5.26 Å². The fraction of sp³-hybridized carbons (Fsp3) is 0.0769. The second kappa shape index (κ2) is 5.49. The van der Waals surface area contributed by atoms with E-state index < -0.39 is 10.0 Å². The monoisotopic (exact) mass is 307 g/mol. The molecule has 1 aromatic carbocycles. The third-order valence-electron chi connectivity index (χ3n) is 2.63. The minimum atomic E-state index is -3.77. The van der Waals surface area contributed by atoms with Crippen LogP contribution in [0, 0.1) is 18.3 Å². The third kappa shape index (κ3) is 2.90. The Morgan fingerprint density at radius 2 is 2.10 bits per heavy atom. The molecular weight excluding hydrogens is 298 g/mol. The van der Waals surface area contributed by atoms with Crippen LogP contribution >= 0.6 is 11.6 Å². The summed E-state index contributed by atoms with van der Waals surface area (Å²) in [6, 6.07) is 7.38. The van der Waals surface area contributed by atoms with Gasteiger partial charge in [0.1, 0.15) is 6.07 Å². The van der Waals surface area contributed by atoms with Crippen LogP contribution in [-0.2, 0) is 10.0 Å². The van der Waals surface area contributed by atoms with Gasteiger partial charge < -0.3 is 0 Å². The van der Waals surface area contributed by atoms with Crippen molar-refractivity contribution in [2.24, 2.45) is 0 Å². The highest BCUT2D eigenvalue weighted by Gasteiger charge is 2.16. The summed E-state index contributed by atoms with van der Waals surface area (Å²) >= 11 is 5.79. The van der Waals surface area contributed by atoms with Crippen LogP contribution in [0.3, 0.4) is 0 Å². The lowest BCUT2D eigenvalue weighted by molar-refractivity contribution is 0.601. The van der Waals surface area contributed by atoms with Crippen LogP contribution in [-0.4, -0.2) is 13.4 Å².